The van der Waals surface area contributed by atoms with Gasteiger partial charge >= 0.3 is 0 Å². The molecule has 4 bridgehead atoms. The molecule has 6 heteroatoms. The van der Waals surface area contributed by atoms with Gasteiger partial charge in [0, 0.05) is 0 Å². The molecule has 1 amide bonds. The third-order valence-electron chi connectivity index (χ3n) is 7.94. The molecule has 1 aromatic carbocycles. The summed E-state index contributed by atoms with van der Waals surface area (Å²) in [5, 5.41) is 0. The van der Waals surface area contributed by atoms with Crippen molar-refractivity contribution in [2.75, 3.05) is 6.26 Å². The molecule has 158 valence electrons. The van der Waals surface area contributed by atoms with Gasteiger partial charge in [0.2, 0.25) is 10.0 Å². The lowest BCUT2D eigenvalue weighted by molar-refractivity contribution is -0.0394. The maximum Gasteiger partial charge on any atom is 0.267 e. The van der Waals surface area contributed by atoms with Gasteiger partial charge in [0.15, 0.2) is 0 Å². The van der Waals surface area contributed by atoms with Crippen molar-refractivity contribution in [3.8, 4) is 0 Å². The monoisotopic (exact) mass is 419 g/mol. The minimum absolute atomic E-state index is 0.157. The van der Waals surface area contributed by atoms with Crippen molar-refractivity contribution in [1.82, 2.24) is 4.72 Å². The number of carbonyl (C=O) groups is 1. The Morgan fingerprint density at radius 3 is 2.24 bits per heavy atom. The second-order valence-corrected chi connectivity index (χ2v) is 11.9. The van der Waals surface area contributed by atoms with Crippen LogP contribution in [0.3, 0.4) is 0 Å². The molecule has 4 nitrogen and oxygen atoms in total. The molecular weight excluding hydrogens is 389 g/mol. The van der Waals surface area contributed by atoms with Gasteiger partial charge in [-0.1, -0.05) is 0 Å². The first-order chi connectivity index (χ1) is 13.8. The molecule has 0 spiro atoms. The molecule has 0 atom stereocenters. The minimum atomic E-state index is -3.72. The molecule has 5 aliphatic rings. The number of hydrogen-bond donors (Lipinski definition) is 1. The molecule has 0 unspecified atom stereocenters. The Labute approximate surface area is 172 Å². The summed E-state index contributed by atoms with van der Waals surface area (Å²) in [5.74, 6) is 3.30. The van der Waals surface area contributed by atoms with Crippen molar-refractivity contribution in [1.29, 1.82) is 0 Å². The number of rotatable bonds is 6. The van der Waals surface area contributed by atoms with Gasteiger partial charge in [0.1, 0.15) is 5.82 Å². The molecule has 5 saturated carbocycles. The molecule has 0 aliphatic heterocycles. The van der Waals surface area contributed by atoms with E-state index in [9.17, 15) is 17.6 Å². The lowest BCUT2D eigenvalue weighted by Gasteiger charge is -2.54. The summed E-state index contributed by atoms with van der Waals surface area (Å²) >= 11 is 0. The smallest absolute Gasteiger partial charge is 0.267 e. The number of aryl methyl sites for hydroxylation is 1. The van der Waals surface area contributed by atoms with E-state index in [1.807, 2.05) is 4.72 Å². The van der Waals surface area contributed by atoms with E-state index in [4.69, 9.17) is 0 Å². The Hall–Kier alpha value is -1.43. The first kappa shape index (κ1) is 19.5. The Bertz CT molecular complexity index is 910. The fourth-order valence-electron chi connectivity index (χ4n) is 6.85. The highest BCUT2D eigenvalue weighted by Crippen LogP contribution is 2.57. The average Bonchev–Trinajstić information content (AvgIpc) is 3.44. The zero-order valence-corrected chi connectivity index (χ0v) is 17.8. The number of hydrogen-bond acceptors (Lipinski definition) is 3. The van der Waals surface area contributed by atoms with E-state index >= 15 is 0 Å². The largest absolute Gasteiger partial charge is 0.268 e. The zero-order valence-electron chi connectivity index (χ0n) is 17.0. The van der Waals surface area contributed by atoms with Crippen LogP contribution in [0.4, 0.5) is 4.39 Å². The van der Waals surface area contributed by atoms with Crippen LogP contribution in [0.15, 0.2) is 12.1 Å². The maximum absolute atomic E-state index is 14.7. The highest BCUT2D eigenvalue weighted by atomic mass is 32.2. The number of sulfonamides is 1. The van der Waals surface area contributed by atoms with Gasteiger partial charge in [0.05, 0.1) is 11.8 Å². The van der Waals surface area contributed by atoms with Crippen molar-refractivity contribution in [3.63, 3.8) is 0 Å². The van der Waals surface area contributed by atoms with Gasteiger partial charge in [-0.05, 0) is 117 Å². The van der Waals surface area contributed by atoms with Crippen molar-refractivity contribution < 1.29 is 17.6 Å². The summed E-state index contributed by atoms with van der Waals surface area (Å²) < 4.78 is 39.4. The Balaban J connectivity index is 1.35. The maximum atomic E-state index is 14.7. The van der Waals surface area contributed by atoms with Crippen molar-refractivity contribution >= 4 is 15.9 Å². The van der Waals surface area contributed by atoms with Crippen LogP contribution in [0.1, 0.15) is 78.8 Å². The van der Waals surface area contributed by atoms with E-state index in [-0.39, 0.29) is 5.56 Å². The van der Waals surface area contributed by atoms with Crippen LogP contribution in [0, 0.1) is 35.4 Å². The van der Waals surface area contributed by atoms with Crippen LogP contribution >= 0.6 is 0 Å². The summed E-state index contributed by atoms with van der Waals surface area (Å²) in [4.78, 5) is 12.2. The summed E-state index contributed by atoms with van der Waals surface area (Å²) in [7, 11) is -3.72. The summed E-state index contributed by atoms with van der Waals surface area (Å²) in [6.45, 7) is 0. The molecule has 0 saturated heterocycles. The number of carbonyl (C=O) groups excluding carboxylic acids is 1. The zero-order chi connectivity index (χ0) is 20.3. The topological polar surface area (TPSA) is 63.2 Å². The van der Waals surface area contributed by atoms with E-state index in [0.29, 0.717) is 5.92 Å². The van der Waals surface area contributed by atoms with Gasteiger partial charge < -0.3 is 0 Å². The SMILES string of the molecule is CS(=O)(=O)NC(=O)c1cc(C2CC2)c(CCC2C3CC4CC(C3)CC2C4)cc1F. The molecule has 0 aromatic heterocycles. The second-order valence-electron chi connectivity index (χ2n) is 10.1. The number of nitrogens with one attached hydrogen (secondary N) is 1. The van der Waals surface area contributed by atoms with E-state index in [1.165, 1.54) is 38.2 Å². The summed E-state index contributed by atoms with van der Waals surface area (Å²) in [6.07, 6.45) is 12.0. The molecule has 29 heavy (non-hydrogen) atoms. The van der Waals surface area contributed by atoms with E-state index in [0.717, 1.165) is 72.7 Å². The third kappa shape index (κ3) is 3.97. The third-order valence-corrected chi connectivity index (χ3v) is 8.49. The Kier molecular flexibility index (Phi) is 4.76. The molecule has 5 aliphatic carbocycles. The molecule has 0 heterocycles. The van der Waals surface area contributed by atoms with Crippen molar-refractivity contribution in [2.45, 2.75) is 63.7 Å². The van der Waals surface area contributed by atoms with Crippen LogP contribution in [-0.4, -0.2) is 20.6 Å². The van der Waals surface area contributed by atoms with E-state index in [1.54, 1.807) is 6.07 Å². The van der Waals surface area contributed by atoms with Gasteiger partial charge in [-0.25, -0.2) is 17.5 Å². The normalized spacial score (nSPS) is 33.1. The number of halogens is 1. The second kappa shape index (κ2) is 7.07. The van der Waals surface area contributed by atoms with Crippen LogP contribution in [0.5, 0.6) is 0 Å². The van der Waals surface area contributed by atoms with Crippen molar-refractivity contribution in [3.05, 3.63) is 34.6 Å². The highest BCUT2D eigenvalue weighted by molar-refractivity contribution is 7.89. The first-order valence-corrected chi connectivity index (χ1v) is 13.0. The van der Waals surface area contributed by atoms with Crippen LogP contribution in [-0.2, 0) is 16.4 Å². The first-order valence-electron chi connectivity index (χ1n) is 11.1. The van der Waals surface area contributed by atoms with E-state index < -0.39 is 21.7 Å². The number of amides is 1. The molecule has 1 aromatic rings. The van der Waals surface area contributed by atoms with Gasteiger partial charge in [-0.2, -0.15) is 0 Å². The lowest BCUT2D eigenvalue weighted by Crippen LogP contribution is -2.45. The lowest BCUT2D eigenvalue weighted by atomic mass is 9.51. The van der Waals surface area contributed by atoms with Crippen LogP contribution < -0.4 is 4.72 Å². The summed E-state index contributed by atoms with van der Waals surface area (Å²) in [5.41, 5.74) is 1.92. The minimum Gasteiger partial charge on any atom is -0.268 e. The predicted molar refractivity (Wildman–Crippen MR) is 110 cm³/mol. The van der Waals surface area contributed by atoms with Gasteiger partial charge in [-0.15, -0.1) is 0 Å². The Morgan fingerprint density at radius 2 is 1.69 bits per heavy atom. The Morgan fingerprint density at radius 1 is 1.07 bits per heavy atom. The molecular formula is C23H30FNO3S. The van der Waals surface area contributed by atoms with Crippen LogP contribution in [0.25, 0.3) is 0 Å². The standard InChI is InChI=1S/C23H30FNO3S/c1-29(27,28)25-23(26)21-12-20(15-2-3-15)16(11-22(21)24)4-5-19-17-7-13-6-14(9-17)10-18(19)8-13/h11-15,17-19H,2-10H2,1H3,(H,25,26). The quantitative estimate of drug-likeness (QED) is 0.743. The predicted octanol–water partition coefficient (Wildman–Crippen LogP) is 4.40. The molecule has 1 N–H and O–H groups in total. The van der Waals surface area contributed by atoms with Gasteiger partial charge in [-0.3, -0.25) is 4.79 Å². The summed E-state index contributed by atoms with van der Waals surface area (Å²) in [6, 6.07) is 3.11. The molecule has 5 fully saturated rings. The van der Waals surface area contributed by atoms with Crippen molar-refractivity contribution in [2.24, 2.45) is 29.6 Å². The molecule has 0 radical (unpaired) electrons. The van der Waals surface area contributed by atoms with Crippen LogP contribution in [0.2, 0.25) is 0 Å². The number of benzene rings is 1. The fourth-order valence-corrected chi connectivity index (χ4v) is 7.30. The molecule has 6 rings (SSSR count). The highest BCUT2D eigenvalue weighted by Gasteiger charge is 2.47. The van der Waals surface area contributed by atoms with Gasteiger partial charge in [0.25, 0.3) is 5.91 Å². The average molecular weight is 420 g/mol. The fraction of sp³-hybridized carbons (Fsp3) is 0.696. The van der Waals surface area contributed by atoms with E-state index in [2.05, 4.69) is 0 Å².